The van der Waals surface area contributed by atoms with E-state index in [1.165, 1.54) is 0 Å². The number of hydrogen-bond acceptors (Lipinski definition) is 3. The number of aliphatic hydroxyl groups is 1. The zero-order chi connectivity index (χ0) is 12.4. The van der Waals surface area contributed by atoms with Gasteiger partial charge >= 0.3 is 0 Å². The van der Waals surface area contributed by atoms with E-state index in [-0.39, 0.29) is 5.92 Å². The lowest BCUT2D eigenvalue weighted by molar-refractivity contribution is 0.125. The molecule has 3 rings (SSSR count). The standard InChI is InChI=1S/C15H18O3/c16-15(11-4-3-8-17-10-11)13-7-9-18-14-6-2-1-5-12(13)14/h1-2,5-6,10,13,15-16H,3-4,7-9H2. The van der Waals surface area contributed by atoms with Gasteiger partial charge in [0.25, 0.3) is 0 Å². The Labute approximate surface area is 107 Å². The van der Waals surface area contributed by atoms with Crippen molar-refractivity contribution < 1.29 is 14.6 Å². The van der Waals surface area contributed by atoms with Crippen LogP contribution < -0.4 is 4.74 Å². The molecular formula is C15H18O3. The fourth-order valence-electron chi connectivity index (χ4n) is 2.76. The van der Waals surface area contributed by atoms with Crippen LogP contribution in [0.15, 0.2) is 36.1 Å². The Morgan fingerprint density at radius 3 is 2.94 bits per heavy atom. The molecule has 1 N–H and O–H groups in total. The minimum atomic E-state index is -0.449. The van der Waals surface area contributed by atoms with Gasteiger partial charge in [0.2, 0.25) is 0 Å². The van der Waals surface area contributed by atoms with E-state index < -0.39 is 6.10 Å². The highest BCUT2D eigenvalue weighted by Crippen LogP contribution is 2.38. The first kappa shape index (κ1) is 11.6. The maximum absolute atomic E-state index is 10.5. The van der Waals surface area contributed by atoms with Crippen molar-refractivity contribution in [2.24, 2.45) is 0 Å². The lowest BCUT2D eigenvalue weighted by atomic mass is 9.84. The molecule has 2 unspecified atom stereocenters. The molecule has 1 aromatic carbocycles. The van der Waals surface area contributed by atoms with Crippen LogP contribution in [0.1, 0.15) is 30.7 Å². The first-order valence-corrected chi connectivity index (χ1v) is 6.56. The molecule has 0 bridgehead atoms. The lowest BCUT2D eigenvalue weighted by Gasteiger charge is -2.31. The third-order valence-electron chi connectivity index (χ3n) is 3.73. The Balaban J connectivity index is 1.86. The van der Waals surface area contributed by atoms with Crippen LogP contribution in [0.2, 0.25) is 0 Å². The first-order chi connectivity index (χ1) is 8.86. The van der Waals surface area contributed by atoms with Gasteiger partial charge < -0.3 is 14.6 Å². The molecule has 3 nitrogen and oxygen atoms in total. The van der Waals surface area contributed by atoms with Crippen molar-refractivity contribution in [1.29, 1.82) is 0 Å². The summed E-state index contributed by atoms with van der Waals surface area (Å²) in [6, 6.07) is 7.99. The summed E-state index contributed by atoms with van der Waals surface area (Å²) in [4.78, 5) is 0. The number of benzene rings is 1. The van der Waals surface area contributed by atoms with Crippen LogP contribution >= 0.6 is 0 Å². The minimum absolute atomic E-state index is 0.128. The molecule has 0 amide bonds. The van der Waals surface area contributed by atoms with Crippen LogP contribution in [0, 0.1) is 0 Å². The molecule has 3 heteroatoms. The van der Waals surface area contributed by atoms with Crippen molar-refractivity contribution in [2.45, 2.75) is 31.3 Å². The number of aliphatic hydroxyl groups excluding tert-OH is 1. The predicted molar refractivity (Wildman–Crippen MR) is 68.6 cm³/mol. The van der Waals surface area contributed by atoms with Gasteiger partial charge in [-0.3, -0.25) is 0 Å². The van der Waals surface area contributed by atoms with E-state index in [0.29, 0.717) is 6.61 Å². The van der Waals surface area contributed by atoms with Crippen molar-refractivity contribution in [3.05, 3.63) is 41.7 Å². The molecule has 2 atom stereocenters. The highest BCUT2D eigenvalue weighted by Gasteiger charge is 2.30. The van der Waals surface area contributed by atoms with Crippen LogP contribution in [0.4, 0.5) is 0 Å². The molecule has 0 spiro atoms. The summed E-state index contributed by atoms with van der Waals surface area (Å²) in [7, 11) is 0. The zero-order valence-corrected chi connectivity index (χ0v) is 10.3. The molecule has 0 radical (unpaired) electrons. The summed E-state index contributed by atoms with van der Waals surface area (Å²) in [6.45, 7) is 1.44. The van der Waals surface area contributed by atoms with E-state index in [4.69, 9.17) is 9.47 Å². The molecule has 2 aliphatic heterocycles. The van der Waals surface area contributed by atoms with Gasteiger partial charge in [-0.2, -0.15) is 0 Å². The molecule has 0 aliphatic carbocycles. The largest absolute Gasteiger partial charge is 0.501 e. The molecule has 0 saturated carbocycles. The summed E-state index contributed by atoms with van der Waals surface area (Å²) in [5, 5.41) is 10.5. The van der Waals surface area contributed by atoms with Crippen molar-refractivity contribution >= 4 is 0 Å². The first-order valence-electron chi connectivity index (χ1n) is 6.56. The quantitative estimate of drug-likeness (QED) is 0.871. The summed E-state index contributed by atoms with van der Waals surface area (Å²) in [6.07, 6.45) is 4.08. The molecule has 2 aliphatic rings. The summed E-state index contributed by atoms with van der Waals surface area (Å²) in [5.74, 6) is 1.04. The Hall–Kier alpha value is -1.48. The number of fused-ring (bicyclic) bond motifs is 1. The van der Waals surface area contributed by atoms with Gasteiger partial charge in [-0.25, -0.2) is 0 Å². The van der Waals surface area contributed by atoms with Crippen molar-refractivity contribution in [2.75, 3.05) is 13.2 Å². The molecule has 0 saturated heterocycles. The van der Waals surface area contributed by atoms with E-state index in [0.717, 1.165) is 42.8 Å². The molecule has 2 heterocycles. The van der Waals surface area contributed by atoms with Crippen LogP contribution in [0.25, 0.3) is 0 Å². The van der Waals surface area contributed by atoms with E-state index in [2.05, 4.69) is 0 Å². The van der Waals surface area contributed by atoms with Gasteiger partial charge in [0.1, 0.15) is 5.75 Å². The van der Waals surface area contributed by atoms with E-state index in [1.54, 1.807) is 6.26 Å². The average Bonchev–Trinajstić information content (AvgIpc) is 2.47. The normalized spacial score (nSPS) is 24.3. The Bertz CT molecular complexity index is 453. The summed E-state index contributed by atoms with van der Waals surface area (Å²) in [5.41, 5.74) is 2.13. The van der Waals surface area contributed by atoms with Gasteiger partial charge in [0.15, 0.2) is 0 Å². The average molecular weight is 246 g/mol. The van der Waals surface area contributed by atoms with Gasteiger partial charge in [-0.1, -0.05) is 18.2 Å². The maximum Gasteiger partial charge on any atom is 0.122 e. The second-order valence-corrected chi connectivity index (χ2v) is 4.89. The molecule has 0 aromatic heterocycles. The van der Waals surface area contributed by atoms with Crippen molar-refractivity contribution in [1.82, 2.24) is 0 Å². The van der Waals surface area contributed by atoms with Gasteiger partial charge in [0, 0.05) is 11.5 Å². The molecular weight excluding hydrogens is 228 g/mol. The van der Waals surface area contributed by atoms with Crippen LogP contribution in [0.5, 0.6) is 5.75 Å². The fraction of sp³-hybridized carbons (Fsp3) is 0.467. The molecule has 0 fully saturated rings. The van der Waals surface area contributed by atoms with Gasteiger partial charge in [-0.15, -0.1) is 0 Å². The minimum Gasteiger partial charge on any atom is -0.501 e. The Kier molecular flexibility index (Phi) is 3.24. The molecule has 1 aromatic rings. The SMILES string of the molecule is OC(C1=COCCC1)C1CCOc2ccccc21. The Morgan fingerprint density at radius 2 is 2.11 bits per heavy atom. The zero-order valence-electron chi connectivity index (χ0n) is 10.3. The van der Waals surface area contributed by atoms with E-state index >= 15 is 0 Å². The Morgan fingerprint density at radius 1 is 1.22 bits per heavy atom. The molecule has 96 valence electrons. The summed E-state index contributed by atoms with van der Waals surface area (Å²) >= 11 is 0. The van der Waals surface area contributed by atoms with E-state index in [1.807, 2.05) is 24.3 Å². The second kappa shape index (κ2) is 5.02. The number of para-hydroxylation sites is 1. The highest BCUT2D eigenvalue weighted by atomic mass is 16.5. The highest BCUT2D eigenvalue weighted by molar-refractivity contribution is 5.39. The van der Waals surface area contributed by atoms with Crippen molar-refractivity contribution in [3.8, 4) is 5.75 Å². The number of rotatable bonds is 2. The third-order valence-corrected chi connectivity index (χ3v) is 3.73. The van der Waals surface area contributed by atoms with Gasteiger partial charge in [0.05, 0.1) is 25.6 Å². The van der Waals surface area contributed by atoms with E-state index in [9.17, 15) is 5.11 Å². The predicted octanol–water partition coefficient (Wildman–Crippen LogP) is 2.61. The van der Waals surface area contributed by atoms with Crippen LogP contribution in [0.3, 0.4) is 0 Å². The smallest absolute Gasteiger partial charge is 0.122 e. The number of hydrogen-bond donors (Lipinski definition) is 1. The number of ether oxygens (including phenoxy) is 2. The summed E-state index contributed by atoms with van der Waals surface area (Å²) < 4.78 is 11.0. The van der Waals surface area contributed by atoms with Crippen LogP contribution in [-0.2, 0) is 4.74 Å². The van der Waals surface area contributed by atoms with Gasteiger partial charge in [-0.05, 0) is 30.9 Å². The monoisotopic (exact) mass is 246 g/mol. The third kappa shape index (κ3) is 2.10. The molecule has 18 heavy (non-hydrogen) atoms. The topological polar surface area (TPSA) is 38.7 Å². The lowest BCUT2D eigenvalue weighted by Crippen LogP contribution is -2.27. The van der Waals surface area contributed by atoms with Crippen LogP contribution in [-0.4, -0.2) is 24.4 Å². The fourth-order valence-corrected chi connectivity index (χ4v) is 2.76. The van der Waals surface area contributed by atoms with Crippen molar-refractivity contribution in [3.63, 3.8) is 0 Å². The second-order valence-electron chi connectivity index (χ2n) is 4.89. The maximum atomic E-state index is 10.5.